The zero-order chi connectivity index (χ0) is 26.9. The van der Waals surface area contributed by atoms with Gasteiger partial charge in [0, 0.05) is 35.8 Å². The summed E-state index contributed by atoms with van der Waals surface area (Å²) in [6.07, 6.45) is 6.65. The first-order chi connectivity index (χ1) is 18.2. The Labute approximate surface area is 225 Å². The third kappa shape index (κ3) is 5.55. The van der Waals surface area contributed by atoms with Gasteiger partial charge in [-0.25, -0.2) is 14.6 Å². The van der Waals surface area contributed by atoms with Crippen LogP contribution < -0.4 is 5.32 Å². The fraction of sp³-hybridized carbons (Fsp3) is 0.310. The van der Waals surface area contributed by atoms with E-state index < -0.39 is 11.7 Å². The quantitative estimate of drug-likeness (QED) is 0.311. The van der Waals surface area contributed by atoms with E-state index in [1.54, 1.807) is 24.7 Å². The Hall–Kier alpha value is -4.16. The first-order valence-electron chi connectivity index (χ1n) is 12.5. The zero-order valence-corrected chi connectivity index (χ0v) is 22.4. The number of ether oxygens (including phenoxy) is 1. The van der Waals surface area contributed by atoms with E-state index in [-0.39, 0.29) is 11.9 Å². The van der Waals surface area contributed by atoms with Gasteiger partial charge in [-0.1, -0.05) is 24.3 Å². The van der Waals surface area contributed by atoms with Crippen LogP contribution >= 0.6 is 11.3 Å². The first kappa shape index (κ1) is 25.5. The Kier molecular flexibility index (Phi) is 6.91. The summed E-state index contributed by atoms with van der Waals surface area (Å²) in [5, 5.41) is 2.92. The van der Waals surface area contributed by atoms with Gasteiger partial charge in [-0.05, 0) is 62.9 Å². The molecule has 194 valence electrons. The average molecular weight is 528 g/mol. The number of fused-ring (bicyclic) bond motifs is 1. The topological polar surface area (TPSA) is 80.3 Å². The highest BCUT2D eigenvalue weighted by atomic mass is 32.1. The van der Waals surface area contributed by atoms with Crippen LogP contribution in [0.3, 0.4) is 0 Å². The van der Waals surface area contributed by atoms with E-state index in [2.05, 4.69) is 21.2 Å². The fourth-order valence-corrected chi connectivity index (χ4v) is 5.76. The molecule has 8 nitrogen and oxygen atoms in total. The van der Waals surface area contributed by atoms with Gasteiger partial charge in [0.1, 0.15) is 5.60 Å². The van der Waals surface area contributed by atoms with Crippen molar-refractivity contribution >= 4 is 34.5 Å². The highest BCUT2D eigenvalue weighted by Gasteiger charge is 2.29. The van der Waals surface area contributed by atoms with E-state index >= 15 is 0 Å². The average Bonchev–Trinajstić information content (AvgIpc) is 3.54. The van der Waals surface area contributed by atoms with E-state index in [1.165, 1.54) is 11.3 Å². The van der Waals surface area contributed by atoms with Crippen LogP contribution in [-0.2, 0) is 4.74 Å². The number of imidazole rings is 1. The van der Waals surface area contributed by atoms with E-state index in [0.717, 1.165) is 39.9 Å². The van der Waals surface area contributed by atoms with Crippen molar-refractivity contribution < 1.29 is 14.3 Å². The number of nitrogens with zero attached hydrogens (tertiary/aromatic N) is 4. The minimum atomic E-state index is -0.578. The molecule has 4 heterocycles. The molecule has 4 aromatic rings. The maximum absolute atomic E-state index is 13.7. The van der Waals surface area contributed by atoms with Crippen LogP contribution in [0.1, 0.15) is 43.3 Å². The van der Waals surface area contributed by atoms with E-state index in [0.29, 0.717) is 23.7 Å². The number of rotatable bonds is 4. The summed E-state index contributed by atoms with van der Waals surface area (Å²) in [6, 6.07) is 13.3. The molecule has 38 heavy (non-hydrogen) atoms. The molecule has 1 N–H and O–H groups in total. The number of thiophene rings is 1. The summed E-state index contributed by atoms with van der Waals surface area (Å²) in [5.74, 6) is -0.0543. The number of nitrogens with one attached hydrogen (secondary N) is 1. The molecule has 0 bridgehead atoms. The second-order valence-corrected chi connectivity index (χ2v) is 11.4. The summed E-state index contributed by atoms with van der Waals surface area (Å²) in [5.41, 5.74) is 3.84. The standard InChI is InChI=1S/C29H29N5O3S/c1-29(2,3)37-28(36)32-22-6-5-12-33(17-22)27(35)25-15-24(19-7-9-21(30-4)10-8-19)26(38-25)20-11-13-34-18-31-16-23(34)14-20/h7-11,13-16,18,22H,5-6,12,17H2,1-3H3,(H,32,36)/t22-/m1/s1. The number of hydrogen-bond donors (Lipinski definition) is 1. The van der Waals surface area contributed by atoms with Gasteiger partial charge in [-0.3, -0.25) is 4.79 Å². The number of benzene rings is 1. The lowest BCUT2D eigenvalue weighted by Gasteiger charge is -2.33. The molecule has 2 amide bonds. The van der Waals surface area contributed by atoms with Crippen molar-refractivity contribution in [2.45, 2.75) is 45.3 Å². The maximum Gasteiger partial charge on any atom is 0.407 e. The van der Waals surface area contributed by atoms with Crippen LogP contribution in [0.5, 0.6) is 0 Å². The van der Waals surface area contributed by atoms with Crippen LogP contribution in [0.2, 0.25) is 0 Å². The van der Waals surface area contributed by atoms with Crippen LogP contribution in [0.4, 0.5) is 10.5 Å². The zero-order valence-electron chi connectivity index (χ0n) is 21.6. The Balaban J connectivity index is 1.44. The molecule has 9 heteroatoms. The molecular formula is C29H29N5O3S. The lowest BCUT2D eigenvalue weighted by molar-refractivity contribution is 0.0453. The molecule has 1 saturated heterocycles. The monoisotopic (exact) mass is 527 g/mol. The Morgan fingerprint density at radius 3 is 2.68 bits per heavy atom. The Bertz CT molecular complexity index is 1520. The van der Waals surface area contributed by atoms with Crippen LogP contribution in [0.25, 0.3) is 31.9 Å². The molecule has 1 atom stereocenters. The van der Waals surface area contributed by atoms with E-state index in [1.807, 2.05) is 60.5 Å². The number of likely N-dealkylation sites (tertiary alicyclic amines) is 1. The van der Waals surface area contributed by atoms with Crippen molar-refractivity contribution in [1.82, 2.24) is 19.6 Å². The molecule has 3 aromatic heterocycles. The number of hydrogen-bond acceptors (Lipinski definition) is 5. The second-order valence-electron chi connectivity index (χ2n) is 10.4. The number of alkyl carbamates (subject to hydrolysis) is 1. The number of aromatic nitrogens is 2. The van der Waals surface area contributed by atoms with Gasteiger partial charge in [-0.15, -0.1) is 11.3 Å². The predicted molar refractivity (Wildman–Crippen MR) is 148 cm³/mol. The van der Waals surface area contributed by atoms with Gasteiger partial charge in [-0.2, -0.15) is 0 Å². The number of carbonyl (C=O) groups excluding carboxylic acids is 2. The largest absolute Gasteiger partial charge is 0.444 e. The summed E-state index contributed by atoms with van der Waals surface area (Å²) in [6.45, 7) is 13.8. The van der Waals surface area contributed by atoms with Crippen LogP contribution in [-0.4, -0.2) is 51.0 Å². The Morgan fingerprint density at radius 1 is 1.16 bits per heavy atom. The van der Waals surface area contributed by atoms with Crippen molar-refractivity contribution in [2.75, 3.05) is 13.1 Å². The number of amides is 2. The highest BCUT2D eigenvalue weighted by Crippen LogP contribution is 2.41. The first-order valence-corrected chi connectivity index (χ1v) is 13.3. The van der Waals surface area contributed by atoms with Crippen molar-refractivity contribution in [1.29, 1.82) is 0 Å². The minimum Gasteiger partial charge on any atom is -0.444 e. The molecule has 0 aliphatic carbocycles. The van der Waals surface area contributed by atoms with E-state index in [9.17, 15) is 9.59 Å². The third-order valence-corrected chi connectivity index (χ3v) is 7.53. The SMILES string of the molecule is [C-]#[N+]c1ccc(-c2cc(C(=O)N3CCC[C@@H](NC(=O)OC(C)(C)C)C3)sc2-c2ccn3cncc3c2)cc1. The van der Waals surface area contributed by atoms with Gasteiger partial charge >= 0.3 is 6.09 Å². The number of carbonyl (C=O) groups is 2. The number of pyridine rings is 1. The fourth-order valence-electron chi connectivity index (χ4n) is 4.61. The third-order valence-electron chi connectivity index (χ3n) is 6.36. The van der Waals surface area contributed by atoms with Gasteiger partial charge in [0.15, 0.2) is 5.69 Å². The van der Waals surface area contributed by atoms with Gasteiger partial charge in [0.25, 0.3) is 5.91 Å². The van der Waals surface area contributed by atoms with E-state index in [4.69, 9.17) is 11.3 Å². The smallest absolute Gasteiger partial charge is 0.407 e. The van der Waals surface area contributed by atoms with Crippen molar-refractivity contribution in [3.8, 4) is 21.6 Å². The van der Waals surface area contributed by atoms with Crippen LogP contribution in [0, 0.1) is 6.57 Å². The lowest BCUT2D eigenvalue weighted by atomic mass is 10.0. The molecule has 0 spiro atoms. The molecule has 1 aliphatic heterocycles. The molecule has 1 aliphatic rings. The summed E-state index contributed by atoms with van der Waals surface area (Å²) < 4.78 is 7.35. The molecular weight excluding hydrogens is 498 g/mol. The van der Waals surface area contributed by atoms with Gasteiger partial charge < -0.3 is 19.4 Å². The van der Waals surface area contributed by atoms with Crippen molar-refractivity contribution in [2.24, 2.45) is 0 Å². The second kappa shape index (κ2) is 10.3. The molecule has 1 aromatic carbocycles. The highest BCUT2D eigenvalue weighted by molar-refractivity contribution is 7.18. The molecule has 5 rings (SSSR count). The normalized spacial score (nSPS) is 15.7. The summed E-state index contributed by atoms with van der Waals surface area (Å²) in [4.78, 5) is 37.1. The molecule has 1 fully saturated rings. The maximum atomic E-state index is 13.7. The number of piperidine rings is 1. The van der Waals surface area contributed by atoms with Crippen molar-refractivity contribution in [3.63, 3.8) is 0 Å². The Morgan fingerprint density at radius 2 is 1.95 bits per heavy atom. The van der Waals surface area contributed by atoms with Gasteiger partial charge in [0.2, 0.25) is 0 Å². The predicted octanol–water partition coefficient (Wildman–Crippen LogP) is 6.41. The van der Waals surface area contributed by atoms with Gasteiger partial charge in [0.05, 0.1) is 29.5 Å². The van der Waals surface area contributed by atoms with Crippen molar-refractivity contribution in [3.05, 3.63) is 77.5 Å². The summed E-state index contributed by atoms with van der Waals surface area (Å²) >= 11 is 1.46. The molecule has 0 unspecified atom stereocenters. The minimum absolute atomic E-state index is 0.0543. The lowest BCUT2D eigenvalue weighted by Crippen LogP contribution is -2.50. The molecule has 0 saturated carbocycles. The van der Waals surface area contributed by atoms with Crippen LogP contribution in [0.15, 0.2) is 61.2 Å². The summed E-state index contributed by atoms with van der Waals surface area (Å²) in [7, 11) is 0. The molecule has 0 radical (unpaired) electrons.